The lowest BCUT2D eigenvalue weighted by Crippen LogP contribution is -2.44. The number of likely N-dealkylation sites (N-methyl/N-ethyl adjacent to an activating group) is 1. The van der Waals surface area contributed by atoms with Crippen molar-refractivity contribution in [1.82, 2.24) is 9.80 Å². The summed E-state index contributed by atoms with van der Waals surface area (Å²) in [4.78, 5) is 14.5. The summed E-state index contributed by atoms with van der Waals surface area (Å²) in [6.45, 7) is 6.66. The van der Waals surface area contributed by atoms with Crippen LogP contribution in [0.5, 0.6) is 0 Å². The molecule has 2 amide bonds. The molecule has 2 atom stereocenters. The van der Waals surface area contributed by atoms with Crippen molar-refractivity contribution in [1.29, 1.82) is 0 Å². The zero-order valence-corrected chi connectivity index (χ0v) is 12.2. The van der Waals surface area contributed by atoms with E-state index in [1.165, 1.54) is 4.90 Å². The molecule has 1 aliphatic heterocycles. The van der Waals surface area contributed by atoms with Crippen molar-refractivity contribution in [2.45, 2.75) is 52.4 Å². The fourth-order valence-electron chi connectivity index (χ4n) is 2.93. The largest absolute Gasteiger partial charge is 0.406 e. The number of hydrogen-bond donors (Lipinski definition) is 0. The van der Waals surface area contributed by atoms with E-state index in [9.17, 15) is 18.0 Å². The highest BCUT2D eigenvalue weighted by Gasteiger charge is 2.48. The summed E-state index contributed by atoms with van der Waals surface area (Å²) in [6, 6.07) is -1.03. The highest BCUT2D eigenvalue weighted by molar-refractivity contribution is 5.77. The Morgan fingerprint density at radius 1 is 1.21 bits per heavy atom. The number of alkyl halides is 3. The van der Waals surface area contributed by atoms with Crippen molar-refractivity contribution in [2.75, 3.05) is 13.6 Å². The molecule has 1 fully saturated rings. The lowest BCUT2D eigenvalue weighted by molar-refractivity contribution is -0.142. The summed E-state index contributed by atoms with van der Waals surface area (Å²) in [6.07, 6.45) is -3.76. The first kappa shape index (κ1) is 16.1. The SMILES string of the molecule is CC(C)CC1C(C(C)C)N(C)C(=O)N1CC(F)(F)F. The Morgan fingerprint density at radius 2 is 1.74 bits per heavy atom. The summed E-state index contributed by atoms with van der Waals surface area (Å²) >= 11 is 0. The smallest absolute Gasteiger partial charge is 0.322 e. The van der Waals surface area contributed by atoms with Crippen LogP contribution in [0.2, 0.25) is 0 Å². The van der Waals surface area contributed by atoms with Gasteiger partial charge in [-0.1, -0.05) is 27.7 Å². The first-order chi connectivity index (χ1) is 8.54. The Hall–Kier alpha value is -0.940. The van der Waals surface area contributed by atoms with E-state index in [4.69, 9.17) is 0 Å². The van der Waals surface area contributed by atoms with Gasteiger partial charge in [0, 0.05) is 7.05 Å². The molecular formula is C13H23F3N2O. The molecule has 0 spiro atoms. The van der Waals surface area contributed by atoms with Gasteiger partial charge in [-0.3, -0.25) is 0 Å². The second kappa shape index (κ2) is 5.59. The monoisotopic (exact) mass is 280 g/mol. The molecule has 6 heteroatoms. The number of carbonyl (C=O) groups is 1. The maximum Gasteiger partial charge on any atom is 0.406 e. The van der Waals surface area contributed by atoms with E-state index in [0.717, 1.165) is 4.90 Å². The van der Waals surface area contributed by atoms with E-state index in [0.29, 0.717) is 6.42 Å². The molecule has 19 heavy (non-hydrogen) atoms. The van der Waals surface area contributed by atoms with Crippen molar-refractivity contribution in [3.63, 3.8) is 0 Å². The zero-order valence-electron chi connectivity index (χ0n) is 12.2. The molecule has 0 saturated carbocycles. The number of carbonyl (C=O) groups excluding carboxylic acids is 1. The molecule has 1 rings (SSSR count). The third-order valence-corrected chi connectivity index (χ3v) is 3.53. The van der Waals surface area contributed by atoms with Crippen LogP contribution < -0.4 is 0 Å². The number of hydrogen-bond acceptors (Lipinski definition) is 1. The summed E-state index contributed by atoms with van der Waals surface area (Å²) in [5.74, 6) is 0.386. The Balaban J connectivity index is 3.01. The summed E-state index contributed by atoms with van der Waals surface area (Å²) < 4.78 is 37.9. The number of amides is 2. The topological polar surface area (TPSA) is 23.6 Å². The molecule has 1 heterocycles. The summed E-state index contributed by atoms with van der Waals surface area (Å²) in [5, 5.41) is 0. The first-order valence-electron chi connectivity index (χ1n) is 6.64. The third-order valence-electron chi connectivity index (χ3n) is 3.53. The molecule has 1 saturated heterocycles. The fourth-order valence-corrected chi connectivity index (χ4v) is 2.93. The van der Waals surface area contributed by atoms with E-state index in [1.807, 2.05) is 27.7 Å². The minimum absolute atomic E-state index is 0.135. The minimum Gasteiger partial charge on any atom is -0.322 e. The highest BCUT2D eigenvalue weighted by Crippen LogP contribution is 2.33. The van der Waals surface area contributed by atoms with Gasteiger partial charge in [-0.25, -0.2) is 4.79 Å². The first-order valence-corrected chi connectivity index (χ1v) is 6.64. The molecule has 0 aromatic heterocycles. The second-order valence-corrected chi connectivity index (χ2v) is 6.07. The number of nitrogens with zero attached hydrogens (tertiary/aromatic N) is 2. The Bertz CT molecular complexity index is 328. The zero-order chi connectivity index (χ0) is 15.0. The van der Waals surface area contributed by atoms with Crippen molar-refractivity contribution < 1.29 is 18.0 Å². The van der Waals surface area contributed by atoms with Crippen LogP contribution in [-0.2, 0) is 0 Å². The second-order valence-electron chi connectivity index (χ2n) is 6.07. The van der Waals surface area contributed by atoms with E-state index in [2.05, 4.69) is 0 Å². The van der Waals surface area contributed by atoms with Crippen molar-refractivity contribution >= 4 is 6.03 Å². The van der Waals surface area contributed by atoms with Gasteiger partial charge in [0.2, 0.25) is 0 Å². The predicted molar refractivity (Wildman–Crippen MR) is 67.8 cm³/mol. The average Bonchev–Trinajstić information content (AvgIpc) is 2.40. The Morgan fingerprint density at radius 3 is 2.11 bits per heavy atom. The van der Waals surface area contributed by atoms with Crippen LogP contribution in [0, 0.1) is 11.8 Å². The lowest BCUT2D eigenvalue weighted by Gasteiger charge is -2.31. The van der Waals surface area contributed by atoms with Gasteiger partial charge in [0.1, 0.15) is 6.54 Å². The van der Waals surface area contributed by atoms with Gasteiger partial charge in [-0.15, -0.1) is 0 Å². The predicted octanol–water partition coefficient (Wildman–Crippen LogP) is 3.36. The molecule has 0 aromatic carbocycles. The van der Waals surface area contributed by atoms with E-state index in [-0.39, 0.29) is 23.9 Å². The van der Waals surface area contributed by atoms with Gasteiger partial charge in [0.05, 0.1) is 12.1 Å². The van der Waals surface area contributed by atoms with Gasteiger partial charge in [0.25, 0.3) is 0 Å². The molecule has 112 valence electrons. The number of halogens is 3. The van der Waals surface area contributed by atoms with Crippen LogP contribution in [-0.4, -0.2) is 47.7 Å². The van der Waals surface area contributed by atoms with Gasteiger partial charge in [-0.05, 0) is 18.3 Å². The maximum atomic E-state index is 12.6. The molecular weight excluding hydrogens is 257 g/mol. The lowest BCUT2D eigenvalue weighted by atomic mass is 9.90. The molecule has 3 nitrogen and oxygen atoms in total. The number of urea groups is 1. The van der Waals surface area contributed by atoms with E-state index in [1.54, 1.807) is 7.05 Å². The molecule has 2 unspecified atom stereocenters. The van der Waals surface area contributed by atoms with E-state index >= 15 is 0 Å². The quantitative estimate of drug-likeness (QED) is 0.774. The van der Waals surface area contributed by atoms with Gasteiger partial charge >= 0.3 is 12.2 Å². The van der Waals surface area contributed by atoms with Gasteiger partial charge in [-0.2, -0.15) is 13.2 Å². The molecule has 0 aliphatic carbocycles. The van der Waals surface area contributed by atoms with Crippen molar-refractivity contribution in [3.05, 3.63) is 0 Å². The minimum atomic E-state index is -4.35. The molecule has 1 aliphatic rings. The summed E-state index contributed by atoms with van der Waals surface area (Å²) in [5.41, 5.74) is 0. The third kappa shape index (κ3) is 3.76. The van der Waals surface area contributed by atoms with Crippen LogP contribution in [0.25, 0.3) is 0 Å². The fraction of sp³-hybridized carbons (Fsp3) is 0.923. The van der Waals surface area contributed by atoms with Crippen LogP contribution in [0.15, 0.2) is 0 Å². The molecule has 0 bridgehead atoms. The van der Waals surface area contributed by atoms with E-state index < -0.39 is 18.8 Å². The van der Waals surface area contributed by atoms with Crippen LogP contribution in [0.3, 0.4) is 0 Å². The normalized spacial score (nSPS) is 25.1. The molecule has 0 N–H and O–H groups in total. The maximum absolute atomic E-state index is 12.6. The molecule has 0 radical (unpaired) electrons. The van der Waals surface area contributed by atoms with Crippen LogP contribution in [0.4, 0.5) is 18.0 Å². The van der Waals surface area contributed by atoms with Crippen LogP contribution >= 0.6 is 0 Å². The Labute approximate surface area is 112 Å². The van der Waals surface area contributed by atoms with Gasteiger partial charge < -0.3 is 9.80 Å². The van der Waals surface area contributed by atoms with Crippen molar-refractivity contribution in [2.24, 2.45) is 11.8 Å². The summed E-state index contributed by atoms with van der Waals surface area (Å²) in [7, 11) is 1.59. The standard InChI is InChI=1S/C13H23F3N2O/c1-8(2)6-10-11(9(3)4)17(5)12(19)18(10)7-13(14,15)16/h8-11H,6-7H2,1-5H3. The molecule has 0 aromatic rings. The Kier molecular flexibility index (Phi) is 4.74. The number of rotatable bonds is 4. The highest BCUT2D eigenvalue weighted by atomic mass is 19.4. The van der Waals surface area contributed by atoms with Gasteiger partial charge in [0.15, 0.2) is 0 Å². The van der Waals surface area contributed by atoms with Crippen molar-refractivity contribution in [3.8, 4) is 0 Å². The average molecular weight is 280 g/mol. The van der Waals surface area contributed by atoms with Crippen LogP contribution in [0.1, 0.15) is 34.1 Å².